The number of carbonyl (C=O) groups excluding carboxylic acids is 1. The maximum atomic E-state index is 11.4. The lowest BCUT2D eigenvalue weighted by Crippen LogP contribution is -1.97. The Hall–Kier alpha value is -2.29. The van der Waals surface area contributed by atoms with Crippen LogP contribution in [0, 0.1) is 6.92 Å². The van der Waals surface area contributed by atoms with Crippen LogP contribution in [-0.4, -0.2) is 13.1 Å². The fraction of sp³-hybridized carbons (Fsp3) is 0.133. The molecule has 0 saturated carbocycles. The van der Waals surface area contributed by atoms with Crippen molar-refractivity contribution in [1.82, 2.24) is 0 Å². The third-order valence-corrected chi connectivity index (χ3v) is 2.55. The fourth-order valence-corrected chi connectivity index (χ4v) is 1.67. The summed E-state index contributed by atoms with van der Waals surface area (Å²) in [5.41, 5.74) is 1.63. The van der Waals surface area contributed by atoms with Gasteiger partial charge in [-0.3, -0.25) is 0 Å². The lowest BCUT2D eigenvalue weighted by Gasteiger charge is -2.04. The van der Waals surface area contributed by atoms with E-state index in [-0.39, 0.29) is 0 Å². The van der Waals surface area contributed by atoms with Gasteiger partial charge in [-0.15, -0.1) is 0 Å². The van der Waals surface area contributed by atoms with E-state index in [1.165, 1.54) is 13.2 Å². The molecule has 92 valence electrons. The van der Waals surface area contributed by atoms with Crippen LogP contribution in [0.3, 0.4) is 0 Å². The molecule has 1 heterocycles. The molecule has 18 heavy (non-hydrogen) atoms. The fourth-order valence-electron chi connectivity index (χ4n) is 1.67. The third-order valence-electron chi connectivity index (χ3n) is 2.55. The molecule has 2 rings (SSSR count). The van der Waals surface area contributed by atoms with Gasteiger partial charge in [0.05, 0.1) is 7.11 Å². The molecule has 0 fully saturated rings. The number of rotatable bonds is 3. The van der Waals surface area contributed by atoms with Gasteiger partial charge in [-0.2, -0.15) is 0 Å². The molecule has 0 amide bonds. The third kappa shape index (κ3) is 2.69. The number of aryl methyl sites for hydroxylation is 1. The zero-order valence-electron chi connectivity index (χ0n) is 10.3. The zero-order chi connectivity index (χ0) is 13.0. The van der Waals surface area contributed by atoms with Crippen LogP contribution >= 0.6 is 0 Å². The first-order chi connectivity index (χ1) is 8.70. The van der Waals surface area contributed by atoms with Crippen molar-refractivity contribution in [3.8, 4) is 0 Å². The number of methoxy groups -OCH3 is 1. The van der Waals surface area contributed by atoms with Gasteiger partial charge in [-0.05, 0) is 24.6 Å². The zero-order valence-corrected chi connectivity index (χ0v) is 10.3. The summed E-state index contributed by atoms with van der Waals surface area (Å²) in [7, 11) is 1.36. The molecule has 0 aliphatic carbocycles. The van der Waals surface area contributed by atoms with Crippen LogP contribution in [0.2, 0.25) is 0 Å². The second kappa shape index (κ2) is 5.36. The maximum Gasteiger partial charge on any atom is 0.331 e. The Kier molecular flexibility index (Phi) is 3.63. The van der Waals surface area contributed by atoms with Crippen molar-refractivity contribution < 1.29 is 13.9 Å². The molecule has 0 unspecified atom stereocenters. The summed E-state index contributed by atoms with van der Waals surface area (Å²) >= 11 is 0. The van der Waals surface area contributed by atoms with Gasteiger partial charge >= 0.3 is 5.97 Å². The minimum absolute atomic E-state index is 0.400. The molecular formula is C15H14O3. The minimum atomic E-state index is -0.400. The standard InChI is InChI=1S/C15H14O3/c1-11-8-9-14(18-11)13(10-15(16)17-2)12-6-4-3-5-7-12/h3-10H,1-2H3/b13-10+. The van der Waals surface area contributed by atoms with Crippen LogP contribution in [0.15, 0.2) is 53.0 Å². The van der Waals surface area contributed by atoms with Crippen LogP contribution in [0.5, 0.6) is 0 Å². The number of carbonyl (C=O) groups is 1. The Labute approximate surface area is 106 Å². The van der Waals surface area contributed by atoms with Gasteiger partial charge in [-0.1, -0.05) is 30.3 Å². The number of hydrogen-bond acceptors (Lipinski definition) is 3. The molecule has 3 heteroatoms. The highest BCUT2D eigenvalue weighted by Gasteiger charge is 2.11. The summed E-state index contributed by atoms with van der Waals surface area (Å²) < 4.78 is 10.2. The van der Waals surface area contributed by atoms with Crippen LogP contribution < -0.4 is 0 Å². The van der Waals surface area contributed by atoms with Crippen molar-refractivity contribution in [3.63, 3.8) is 0 Å². The predicted molar refractivity (Wildman–Crippen MR) is 69.0 cm³/mol. The lowest BCUT2D eigenvalue weighted by molar-refractivity contribution is -0.134. The number of benzene rings is 1. The summed E-state index contributed by atoms with van der Waals surface area (Å²) in [5, 5.41) is 0. The Bertz CT molecular complexity index is 564. The van der Waals surface area contributed by atoms with Crippen molar-refractivity contribution >= 4 is 11.5 Å². The molecule has 2 aromatic rings. The van der Waals surface area contributed by atoms with E-state index >= 15 is 0 Å². The van der Waals surface area contributed by atoms with E-state index in [0.717, 1.165) is 16.9 Å². The molecule has 0 aliphatic rings. The number of hydrogen-bond donors (Lipinski definition) is 0. The van der Waals surface area contributed by atoms with E-state index in [9.17, 15) is 4.79 Å². The highest BCUT2D eigenvalue weighted by molar-refractivity contribution is 5.95. The van der Waals surface area contributed by atoms with Gasteiger partial charge in [0.2, 0.25) is 0 Å². The van der Waals surface area contributed by atoms with Gasteiger partial charge in [0.15, 0.2) is 0 Å². The Balaban J connectivity index is 2.48. The molecule has 0 radical (unpaired) electrons. The van der Waals surface area contributed by atoms with Gasteiger partial charge in [-0.25, -0.2) is 4.79 Å². The van der Waals surface area contributed by atoms with Gasteiger partial charge < -0.3 is 9.15 Å². The maximum absolute atomic E-state index is 11.4. The second-order valence-electron chi connectivity index (χ2n) is 3.86. The van der Waals surface area contributed by atoms with E-state index in [2.05, 4.69) is 4.74 Å². The molecule has 1 aromatic heterocycles. The largest absolute Gasteiger partial charge is 0.466 e. The van der Waals surface area contributed by atoms with Crippen LogP contribution in [0.25, 0.3) is 5.57 Å². The number of esters is 1. The summed E-state index contributed by atoms with van der Waals surface area (Å²) in [6.45, 7) is 1.87. The molecule has 3 nitrogen and oxygen atoms in total. The molecule has 0 bridgehead atoms. The van der Waals surface area contributed by atoms with Gasteiger partial charge in [0, 0.05) is 11.6 Å². The first-order valence-electron chi connectivity index (χ1n) is 5.62. The molecule has 0 atom stereocenters. The summed E-state index contributed by atoms with van der Waals surface area (Å²) in [6.07, 6.45) is 1.44. The first-order valence-corrected chi connectivity index (χ1v) is 5.62. The minimum Gasteiger partial charge on any atom is -0.466 e. The topological polar surface area (TPSA) is 39.4 Å². The van der Waals surface area contributed by atoms with Crippen molar-refractivity contribution in [2.75, 3.05) is 7.11 Å². The van der Waals surface area contributed by atoms with E-state index in [4.69, 9.17) is 4.42 Å². The van der Waals surface area contributed by atoms with Gasteiger partial charge in [0.1, 0.15) is 11.5 Å². The molecule has 0 aliphatic heterocycles. The van der Waals surface area contributed by atoms with Crippen molar-refractivity contribution in [2.24, 2.45) is 0 Å². The lowest BCUT2D eigenvalue weighted by atomic mass is 10.0. The predicted octanol–water partition coefficient (Wildman–Crippen LogP) is 3.19. The molecule has 1 aromatic carbocycles. The van der Waals surface area contributed by atoms with Crippen molar-refractivity contribution in [3.05, 3.63) is 65.6 Å². The second-order valence-corrected chi connectivity index (χ2v) is 3.86. The Morgan fingerprint density at radius 2 is 1.89 bits per heavy atom. The van der Waals surface area contributed by atoms with Gasteiger partial charge in [0.25, 0.3) is 0 Å². The summed E-state index contributed by atoms with van der Waals surface area (Å²) in [6, 6.07) is 13.3. The Morgan fingerprint density at radius 3 is 2.44 bits per heavy atom. The van der Waals surface area contributed by atoms with Crippen LogP contribution in [0.4, 0.5) is 0 Å². The van der Waals surface area contributed by atoms with Crippen molar-refractivity contribution in [1.29, 1.82) is 0 Å². The van der Waals surface area contributed by atoms with Crippen LogP contribution in [-0.2, 0) is 9.53 Å². The highest BCUT2D eigenvalue weighted by Crippen LogP contribution is 2.25. The monoisotopic (exact) mass is 242 g/mol. The average molecular weight is 242 g/mol. The summed E-state index contributed by atoms with van der Waals surface area (Å²) in [5.74, 6) is 1.06. The van der Waals surface area contributed by atoms with E-state index in [1.54, 1.807) is 0 Å². The smallest absolute Gasteiger partial charge is 0.331 e. The quantitative estimate of drug-likeness (QED) is 0.613. The Morgan fingerprint density at radius 1 is 1.17 bits per heavy atom. The molecular weight excluding hydrogens is 228 g/mol. The molecule has 0 N–H and O–H groups in total. The van der Waals surface area contributed by atoms with Crippen molar-refractivity contribution in [2.45, 2.75) is 6.92 Å². The number of furan rings is 1. The highest BCUT2D eigenvalue weighted by atomic mass is 16.5. The normalized spacial score (nSPS) is 11.3. The first kappa shape index (κ1) is 12.2. The summed E-state index contributed by atoms with van der Waals surface area (Å²) in [4.78, 5) is 11.4. The van der Waals surface area contributed by atoms with E-state index < -0.39 is 5.97 Å². The molecule has 0 spiro atoms. The van der Waals surface area contributed by atoms with E-state index in [1.807, 2.05) is 49.4 Å². The average Bonchev–Trinajstić information content (AvgIpc) is 2.83. The molecule has 0 saturated heterocycles. The number of ether oxygens (including phenoxy) is 1. The van der Waals surface area contributed by atoms with Crippen LogP contribution in [0.1, 0.15) is 17.1 Å². The SMILES string of the molecule is COC(=O)/C=C(\c1ccccc1)c1ccc(C)o1. The van der Waals surface area contributed by atoms with E-state index in [0.29, 0.717) is 5.76 Å².